The zero-order valence-corrected chi connectivity index (χ0v) is 12.3. The molecule has 0 atom stereocenters. The molecule has 0 saturated heterocycles. The largest absolute Gasteiger partial charge is 0.464 e. The topological polar surface area (TPSA) is 124 Å². The van der Waals surface area contributed by atoms with Crippen LogP contribution < -0.4 is 9.46 Å². The SMILES string of the molecule is CCOc1ncc(NS(=O)(=O)c2ccc([N+](=O)[O-])cc2)cn1. The third-order valence-electron chi connectivity index (χ3n) is 2.51. The highest BCUT2D eigenvalue weighted by Gasteiger charge is 2.16. The number of nitrogens with one attached hydrogen (secondary N) is 1. The monoisotopic (exact) mass is 324 g/mol. The van der Waals surface area contributed by atoms with E-state index in [0.29, 0.717) is 6.61 Å². The van der Waals surface area contributed by atoms with E-state index < -0.39 is 14.9 Å². The number of rotatable bonds is 6. The molecule has 0 aliphatic heterocycles. The molecule has 2 aromatic rings. The van der Waals surface area contributed by atoms with Gasteiger partial charge in [0.2, 0.25) is 0 Å². The van der Waals surface area contributed by atoms with Crippen LogP contribution in [0.5, 0.6) is 6.01 Å². The minimum atomic E-state index is -3.87. The molecule has 1 N–H and O–H groups in total. The Bertz CT molecular complexity index is 759. The van der Waals surface area contributed by atoms with Gasteiger partial charge in [0.05, 0.1) is 34.5 Å². The van der Waals surface area contributed by atoms with Crippen molar-refractivity contribution in [2.24, 2.45) is 0 Å². The molecule has 0 fully saturated rings. The number of nitro benzene ring substituents is 1. The van der Waals surface area contributed by atoms with Crippen molar-refractivity contribution in [3.05, 3.63) is 46.8 Å². The maximum atomic E-state index is 12.1. The first-order valence-corrected chi connectivity index (χ1v) is 7.63. The molecular formula is C12H12N4O5S. The Labute approximate surface area is 126 Å². The van der Waals surface area contributed by atoms with E-state index >= 15 is 0 Å². The van der Waals surface area contributed by atoms with Crippen LogP contribution in [0.4, 0.5) is 11.4 Å². The van der Waals surface area contributed by atoms with Crippen LogP contribution in [0.25, 0.3) is 0 Å². The Kier molecular flexibility index (Phi) is 4.51. The fourth-order valence-corrected chi connectivity index (χ4v) is 2.56. The van der Waals surface area contributed by atoms with E-state index in [-0.39, 0.29) is 22.3 Å². The Balaban J connectivity index is 2.18. The molecule has 0 bridgehead atoms. The summed E-state index contributed by atoms with van der Waals surface area (Å²) in [5.41, 5.74) is -0.0369. The summed E-state index contributed by atoms with van der Waals surface area (Å²) in [6.45, 7) is 2.17. The second kappa shape index (κ2) is 6.35. The van der Waals surface area contributed by atoms with E-state index in [0.717, 1.165) is 24.3 Å². The molecule has 0 aliphatic rings. The quantitative estimate of drug-likeness (QED) is 0.631. The molecule has 1 aromatic heterocycles. The van der Waals surface area contributed by atoms with Gasteiger partial charge in [0, 0.05) is 12.1 Å². The summed E-state index contributed by atoms with van der Waals surface area (Å²) in [4.78, 5) is 17.5. The minimum absolute atomic E-state index is 0.105. The summed E-state index contributed by atoms with van der Waals surface area (Å²) in [5, 5.41) is 10.6. The average molecular weight is 324 g/mol. The maximum absolute atomic E-state index is 12.1. The van der Waals surface area contributed by atoms with Crippen LogP contribution in [0, 0.1) is 10.1 Å². The van der Waals surface area contributed by atoms with Gasteiger partial charge in [-0.1, -0.05) is 0 Å². The fraction of sp³-hybridized carbons (Fsp3) is 0.167. The van der Waals surface area contributed by atoms with Crippen LogP contribution in [0.2, 0.25) is 0 Å². The van der Waals surface area contributed by atoms with E-state index in [1.54, 1.807) is 6.92 Å². The number of nitro groups is 1. The first-order chi connectivity index (χ1) is 10.4. The molecule has 0 spiro atoms. The van der Waals surface area contributed by atoms with Gasteiger partial charge in [0.15, 0.2) is 0 Å². The third-order valence-corrected chi connectivity index (χ3v) is 3.91. The van der Waals surface area contributed by atoms with Crippen LogP contribution in [-0.2, 0) is 10.0 Å². The van der Waals surface area contributed by atoms with Gasteiger partial charge in [-0.15, -0.1) is 0 Å². The highest BCUT2D eigenvalue weighted by atomic mass is 32.2. The Morgan fingerprint density at radius 3 is 2.32 bits per heavy atom. The number of hydrogen-bond acceptors (Lipinski definition) is 7. The van der Waals surface area contributed by atoms with Crippen molar-refractivity contribution >= 4 is 21.4 Å². The number of hydrogen-bond donors (Lipinski definition) is 1. The molecule has 0 unspecified atom stereocenters. The molecule has 9 nitrogen and oxygen atoms in total. The van der Waals surface area contributed by atoms with Gasteiger partial charge in [-0.3, -0.25) is 14.8 Å². The number of nitrogens with zero attached hydrogens (tertiary/aromatic N) is 3. The first kappa shape index (κ1) is 15.6. The summed E-state index contributed by atoms with van der Waals surface area (Å²) in [6.07, 6.45) is 2.53. The Morgan fingerprint density at radius 2 is 1.82 bits per heavy atom. The van der Waals surface area contributed by atoms with E-state index in [1.807, 2.05) is 0 Å². The molecule has 0 amide bonds. The summed E-state index contributed by atoms with van der Waals surface area (Å²) in [5.74, 6) is 0. The number of sulfonamides is 1. The van der Waals surface area contributed by atoms with Crippen LogP contribution in [0.15, 0.2) is 41.6 Å². The predicted molar refractivity (Wildman–Crippen MR) is 77.1 cm³/mol. The number of anilines is 1. The van der Waals surface area contributed by atoms with Crippen molar-refractivity contribution in [1.82, 2.24) is 9.97 Å². The van der Waals surface area contributed by atoms with Crippen molar-refractivity contribution in [2.45, 2.75) is 11.8 Å². The van der Waals surface area contributed by atoms with Crippen molar-refractivity contribution in [2.75, 3.05) is 11.3 Å². The third kappa shape index (κ3) is 3.67. The molecule has 1 heterocycles. The zero-order valence-electron chi connectivity index (χ0n) is 11.5. The maximum Gasteiger partial charge on any atom is 0.316 e. The average Bonchev–Trinajstić information content (AvgIpc) is 2.49. The van der Waals surface area contributed by atoms with Crippen LogP contribution in [0.1, 0.15) is 6.92 Å². The Hall–Kier alpha value is -2.75. The molecular weight excluding hydrogens is 312 g/mol. The molecule has 116 valence electrons. The highest BCUT2D eigenvalue weighted by molar-refractivity contribution is 7.92. The number of aromatic nitrogens is 2. The van der Waals surface area contributed by atoms with Crippen molar-refractivity contribution in [1.29, 1.82) is 0 Å². The van der Waals surface area contributed by atoms with Gasteiger partial charge in [0.25, 0.3) is 15.7 Å². The minimum Gasteiger partial charge on any atom is -0.464 e. The Morgan fingerprint density at radius 1 is 1.23 bits per heavy atom. The molecule has 0 aliphatic carbocycles. The summed E-state index contributed by atoms with van der Waals surface area (Å²) < 4.78 is 31.6. The van der Waals surface area contributed by atoms with Crippen LogP contribution >= 0.6 is 0 Å². The first-order valence-electron chi connectivity index (χ1n) is 6.14. The number of ether oxygens (including phenoxy) is 1. The van der Waals surface area contributed by atoms with E-state index in [1.165, 1.54) is 12.4 Å². The van der Waals surface area contributed by atoms with Crippen molar-refractivity contribution in [3.8, 4) is 6.01 Å². The summed E-state index contributed by atoms with van der Waals surface area (Å²) in [7, 11) is -3.87. The lowest BCUT2D eigenvalue weighted by atomic mass is 10.3. The van der Waals surface area contributed by atoms with Gasteiger partial charge < -0.3 is 4.74 Å². The lowest BCUT2D eigenvalue weighted by molar-refractivity contribution is -0.384. The molecule has 0 radical (unpaired) electrons. The standard InChI is InChI=1S/C12H12N4O5S/c1-2-21-12-13-7-9(8-14-12)15-22(19,20)11-5-3-10(4-6-11)16(17)18/h3-8,15H,2H2,1H3. The molecule has 22 heavy (non-hydrogen) atoms. The van der Waals surface area contributed by atoms with E-state index in [4.69, 9.17) is 4.74 Å². The summed E-state index contributed by atoms with van der Waals surface area (Å²) >= 11 is 0. The van der Waals surface area contributed by atoms with Gasteiger partial charge in [-0.2, -0.15) is 0 Å². The fourth-order valence-electron chi connectivity index (χ4n) is 1.53. The second-order valence-electron chi connectivity index (χ2n) is 4.04. The van der Waals surface area contributed by atoms with Crippen molar-refractivity contribution < 1.29 is 18.1 Å². The van der Waals surface area contributed by atoms with Gasteiger partial charge in [0.1, 0.15) is 0 Å². The van der Waals surface area contributed by atoms with E-state index in [9.17, 15) is 18.5 Å². The van der Waals surface area contributed by atoms with Gasteiger partial charge >= 0.3 is 6.01 Å². The van der Waals surface area contributed by atoms with Crippen molar-refractivity contribution in [3.63, 3.8) is 0 Å². The van der Waals surface area contributed by atoms with Crippen LogP contribution in [-0.4, -0.2) is 29.9 Å². The lowest BCUT2D eigenvalue weighted by Crippen LogP contribution is -2.13. The number of benzene rings is 1. The molecule has 0 saturated carbocycles. The van der Waals surface area contributed by atoms with Crippen LogP contribution in [0.3, 0.4) is 0 Å². The molecule has 2 rings (SSSR count). The second-order valence-corrected chi connectivity index (χ2v) is 5.73. The summed E-state index contributed by atoms with van der Waals surface area (Å²) in [6, 6.07) is 4.67. The smallest absolute Gasteiger partial charge is 0.316 e. The predicted octanol–water partition coefficient (Wildman–Crippen LogP) is 1.58. The normalized spacial score (nSPS) is 11.0. The number of non-ortho nitro benzene ring substituents is 1. The van der Waals surface area contributed by atoms with Gasteiger partial charge in [-0.05, 0) is 19.1 Å². The zero-order chi connectivity index (χ0) is 16.2. The van der Waals surface area contributed by atoms with Gasteiger partial charge in [-0.25, -0.2) is 18.4 Å². The lowest BCUT2D eigenvalue weighted by Gasteiger charge is -2.07. The highest BCUT2D eigenvalue weighted by Crippen LogP contribution is 2.19. The molecule has 10 heteroatoms. The van der Waals surface area contributed by atoms with E-state index in [2.05, 4.69) is 14.7 Å². The molecule has 1 aromatic carbocycles.